The predicted octanol–water partition coefficient (Wildman–Crippen LogP) is 6.50. The van der Waals surface area contributed by atoms with Crippen molar-refractivity contribution >= 4 is 23.0 Å². The van der Waals surface area contributed by atoms with Crippen LogP contribution in [0.15, 0.2) is 75.9 Å². The normalized spacial score (nSPS) is 14.0. The van der Waals surface area contributed by atoms with Crippen LogP contribution in [-0.2, 0) is 22.3 Å². The number of esters is 1. The van der Waals surface area contributed by atoms with E-state index >= 15 is 0 Å². The number of carbonyl (C=O) groups excluding carboxylic acids is 2. The molecule has 1 amide bonds. The number of rotatable bonds is 8. The van der Waals surface area contributed by atoms with Crippen molar-refractivity contribution in [2.24, 2.45) is 5.92 Å². The third-order valence-electron chi connectivity index (χ3n) is 7.12. The largest absolute Gasteiger partial charge is 0.486 e. The zero-order valence-electron chi connectivity index (χ0n) is 23.7. The molecule has 2 heterocycles. The van der Waals surface area contributed by atoms with Crippen LogP contribution in [0.3, 0.4) is 0 Å². The van der Waals surface area contributed by atoms with Crippen LogP contribution in [0.5, 0.6) is 17.2 Å². The Morgan fingerprint density at radius 3 is 2.41 bits per heavy atom. The molecule has 0 spiro atoms. The SMILES string of the molecule is CC[C@H](C)[C@@H](NC(=O)OCc1ccccc1)C(=O)Oc1ccc2c(=O)c(-c3ccc4c(c3)OCCO4)c(C(F)(F)F)oc2c1. The molecule has 5 rings (SSSR count). The van der Waals surface area contributed by atoms with Crippen LogP contribution >= 0.6 is 0 Å². The summed E-state index contributed by atoms with van der Waals surface area (Å²) in [4.78, 5) is 39.0. The number of benzene rings is 3. The summed E-state index contributed by atoms with van der Waals surface area (Å²) < 4.78 is 69.4. The zero-order chi connectivity index (χ0) is 31.4. The fraction of sp³-hybridized carbons (Fsp3) is 0.281. The van der Waals surface area contributed by atoms with Gasteiger partial charge in [-0.3, -0.25) is 4.79 Å². The Bertz CT molecular complexity index is 1740. The first-order valence-electron chi connectivity index (χ1n) is 13.8. The van der Waals surface area contributed by atoms with Crippen LogP contribution in [-0.4, -0.2) is 31.3 Å². The van der Waals surface area contributed by atoms with E-state index in [1.165, 1.54) is 30.3 Å². The van der Waals surface area contributed by atoms with Crippen LogP contribution in [0.2, 0.25) is 0 Å². The maximum atomic E-state index is 14.2. The molecule has 44 heavy (non-hydrogen) atoms. The highest BCUT2D eigenvalue weighted by molar-refractivity contribution is 5.87. The predicted molar refractivity (Wildman–Crippen MR) is 153 cm³/mol. The Hall–Kier alpha value is -5.00. The number of alkyl carbamates (subject to hydrolysis) is 1. The minimum absolute atomic E-state index is 0.0194. The molecular formula is C32H28F3NO8. The number of hydrogen-bond donors (Lipinski definition) is 1. The van der Waals surface area contributed by atoms with Gasteiger partial charge in [0.1, 0.15) is 37.2 Å². The third-order valence-corrected chi connectivity index (χ3v) is 7.12. The van der Waals surface area contributed by atoms with Gasteiger partial charge in [-0.2, -0.15) is 13.2 Å². The van der Waals surface area contributed by atoms with Gasteiger partial charge in [-0.1, -0.05) is 56.7 Å². The lowest BCUT2D eigenvalue weighted by atomic mass is 9.99. The van der Waals surface area contributed by atoms with Crippen molar-refractivity contribution in [2.75, 3.05) is 13.2 Å². The molecule has 230 valence electrons. The fourth-order valence-electron chi connectivity index (χ4n) is 4.64. The summed E-state index contributed by atoms with van der Waals surface area (Å²) in [5.74, 6) is -2.40. The highest BCUT2D eigenvalue weighted by atomic mass is 19.4. The van der Waals surface area contributed by atoms with Gasteiger partial charge in [0.15, 0.2) is 11.5 Å². The summed E-state index contributed by atoms with van der Waals surface area (Å²) in [6.45, 7) is 4.01. The molecule has 4 aromatic rings. The summed E-state index contributed by atoms with van der Waals surface area (Å²) in [6, 6.07) is 15.4. The van der Waals surface area contributed by atoms with Crippen molar-refractivity contribution in [3.05, 3.63) is 88.3 Å². The summed E-state index contributed by atoms with van der Waals surface area (Å²) in [6.07, 6.45) is -5.39. The molecule has 12 heteroatoms. The quantitative estimate of drug-likeness (QED) is 0.178. The van der Waals surface area contributed by atoms with Gasteiger partial charge in [-0.05, 0) is 41.3 Å². The van der Waals surface area contributed by atoms with E-state index in [-0.39, 0.29) is 48.2 Å². The number of amides is 1. The van der Waals surface area contributed by atoms with E-state index in [2.05, 4.69) is 5.32 Å². The van der Waals surface area contributed by atoms with Crippen LogP contribution in [0.1, 0.15) is 31.6 Å². The standard InChI is InChI=1S/C32H28F3NO8/c1-3-18(2)27(36-31(39)42-17-19-7-5-4-6-8-19)30(38)43-21-10-11-22-24(16-21)44-29(32(33,34)35)26(28(22)37)20-9-12-23-25(15-20)41-14-13-40-23/h4-12,15-16,18,27H,3,13-14,17H2,1-2H3,(H,36,39)/t18-,27+/m0/s1. The third kappa shape index (κ3) is 6.64. The van der Waals surface area contributed by atoms with Gasteiger partial charge in [-0.15, -0.1) is 0 Å². The van der Waals surface area contributed by atoms with E-state index in [0.29, 0.717) is 12.2 Å². The minimum Gasteiger partial charge on any atom is -0.486 e. The smallest absolute Gasteiger partial charge is 0.450 e. The van der Waals surface area contributed by atoms with Crippen molar-refractivity contribution in [2.45, 2.75) is 39.1 Å². The van der Waals surface area contributed by atoms with Crippen molar-refractivity contribution in [1.29, 1.82) is 0 Å². The number of ether oxygens (including phenoxy) is 4. The van der Waals surface area contributed by atoms with Crippen molar-refractivity contribution in [1.82, 2.24) is 5.32 Å². The summed E-state index contributed by atoms with van der Waals surface area (Å²) in [5.41, 5.74) is -1.38. The molecule has 1 aliphatic heterocycles. The van der Waals surface area contributed by atoms with Crippen molar-refractivity contribution in [3.63, 3.8) is 0 Å². The molecule has 0 unspecified atom stereocenters. The van der Waals surface area contributed by atoms with E-state index in [1.54, 1.807) is 31.2 Å². The first-order valence-corrected chi connectivity index (χ1v) is 13.8. The van der Waals surface area contributed by atoms with Gasteiger partial charge in [0.2, 0.25) is 11.2 Å². The Balaban J connectivity index is 1.41. The lowest BCUT2D eigenvalue weighted by Gasteiger charge is -2.22. The van der Waals surface area contributed by atoms with Gasteiger partial charge >= 0.3 is 18.2 Å². The molecular weight excluding hydrogens is 583 g/mol. The molecule has 0 radical (unpaired) electrons. The topological polar surface area (TPSA) is 113 Å². The summed E-state index contributed by atoms with van der Waals surface area (Å²) in [5, 5.41) is 2.34. The molecule has 1 aliphatic rings. The molecule has 0 saturated carbocycles. The zero-order valence-corrected chi connectivity index (χ0v) is 23.7. The molecule has 1 N–H and O–H groups in total. The maximum Gasteiger partial charge on any atom is 0.450 e. The molecule has 0 saturated heterocycles. The fourth-order valence-corrected chi connectivity index (χ4v) is 4.64. The van der Waals surface area contributed by atoms with Gasteiger partial charge in [0.25, 0.3) is 0 Å². The average Bonchev–Trinajstić information content (AvgIpc) is 3.02. The first-order chi connectivity index (χ1) is 21.0. The summed E-state index contributed by atoms with van der Waals surface area (Å²) >= 11 is 0. The lowest BCUT2D eigenvalue weighted by Crippen LogP contribution is -2.47. The number of halogens is 3. The highest BCUT2D eigenvalue weighted by Crippen LogP contribution is 2.40. The Kier molecular flexibility index (Phi) is 8.79. The van der Waals surface area contributed by atoms with Crippen molar-refractivity contribution in [3.8, 4) is 28.4 Å². The number of alkyl halides is 3. The molecule has 9 nitrogen and oxygen atoms in total. The monoisotopic (exact) mass is 611 g/mol. The molecule has 2 atom stereocenters. The Morgan fingerprint density at radius 1 is 0.977 bits per heavy atom. The van der Waals surface area contributed by atoms with E-state index in [1.807, 2.05) is 13.0 Å². The van der Waals surface area contributed by atoms with Gasteiger partial charge < -0.3 is 28.7 Å². The van der Waals surface area contributed by atoms with E-state index < -0.39 is 46.6 Å². The van der Waals surface area contributed by atoms with Crippen LogP contribution in [0, 0.1) is 5.92 Å². The highest BCUT2D eigenvalue weighted by Gasteiger charge is 2.40. The Labute approximate surface area is 249 Å². The van der Waals surface area contributed by atoms with E-state index in [9.17, 15) is 27.6 Å². The molecule has 0 fully saturated rings. The second kappa shape index (κ2) is 12.7. The van der Waals surface area contributed by atoms with Gasteiger partial charge in [0.05, 0.1) is 10.9 Å². The van der Waals surface area contributed by atoms with Gasteiger partial charge in [0, 0.05) is 6.07 Å². The molecule has 0 bridgehead atoms. The lowest BCUT2D eigenvalue weighted by molar-refractivity contribution is -0.152. The molecule has 1 aromatic heterocycles. The van der Waals surface area contributed by atoms with Crippen molar-refractivity contribution < 1.29 is 46.1 Å². The van der Waals surface area contributed by atoms with Gasteiger partial charge in [-0.25, -0.2) is 9.59 Å². The van der Waals surface area contributed by atoms with Crippen LogP contribution in [0.25, 0.3) is 22.1 Å². The van der Waals surface area contributed by atoms with E-state index in [0.717, 1.165) is 11.6 Å². The average molecular weight is 612 g/mol. The summed E-state index contributed by atoms with van der Waals surface area (Å²) in [7, 11) is 0. The second-order valence-electron chi connectivity index (χ2n) is 10.1. The van der Waals surface area contributed by atoms with E-state index in [4.69, 9.17) is 23.4 Å². The number of hydrogen-bond acceptors (Lipinski definition) is 8. The molecule has 3 aromatic carbocycles. The minimum atomic E-state index is -5.03. The maximum absolute atomic E-state index is 14.2. The number of fused-ring (bicyclic) bond motifs is 2. The van der Waals surface area contributed by atoms with Crippen LogP contribution in [0.4, 0.5) is 18.0 Å². The number of carbonyl (C=O) groups is 2. The van der Waals surface area contributed by atoms with Crippen LogP contribution < -0.4 is 25.0 Å². The second-order valence-corrected chi connectivity index (χ2v) is 10.1. The number of nitrogens with one attached hydrogen (secondary N) is 1. The molecule has 0 aliphatic carbocycles. The Morgan fingerprint density at radius 2 is 1.70 bits per heavy atom. The first kappa shape index (κ1) is 30.5.